The van der Waals surface area contributed by atoms with Gasteiger partial charge in [-0.15, -0.1) is 0 Å². The van der Waals surface area contributed by atoms with E-state index in [9.17, 15) is 8.42 Å². The summed E-state index contributed by atoms with van der Waals surface area (Å²) in [6.07, 6.45) is 5.31. The molecule has 1 aromatic rings. The van der Waals surface area contributed by atoms with Crippen molar-refractivity contribution >= 4 is 21.8 Å². The molecule has 1 aromatic carbocycles. The number of piperidine rings is 1. The SMILES string of the molecule is O=S(=O)(NC[C@H](c1ccccc1Cl)N1CCCC1)N1CCCCC1. The molecule has 0 bridgehead atoms. The molecule has 0 spiro atoms. The molecule has 2 heterocycles. The molecule has 0 unspecified atom stereocenters. The van der Waals surface area contributed by atoms with E-state index in [0.717, 1.165) is 50.8 Å². The van der Waals surface area contributed by atoms with Gasteiger partial charge in [-0.05, 0) is 50.4 Å². The molecule has 5 nitrogen and oxygen atoms in total. The smallest absolute Gasteiger partial charge is 0.279 e. The van der Waals surface area contributed by atoms with Gasteiger partial charge < -0.3 is 0 Å². The molecule has 1 atom stereocenters. The summed E-state index contributed by atoms with van der Waals surface area (Å²) >= 11 is 6.38. The maximum Gasteiger partial charge on any atom is 0.279 e. The minimum absolute atomic E-state index is 0.0132. The molecule has 3 rings (SSSR count). The summed E-state index contributed by atoms with van der Waals surface area (Å²) in [6.45, 7) is 3.58. The van der Waals surface area contributed by atoms with E-state index in [-0.39, 0.29) is 6.04 Å². The van der Waals surface area contributed by atoms with Crippen LogP contribution < -0.4 is 4.72 Å². The van der Waals surface area contributed by atoms with Crippen LogP contribution in [-0.2, 0) is 10.2 Å². The molecule has 24 heavy (non-hydrogen) atoms. The molecule has 7 heteroatoms. The maximum atomic E-state index is 12.6. The minimum Gasteiger partial charge on any atom is -0.295 e. The Kier molecular flexibility index (Phi) is 6.16. The number of halogens is 1. The summed E-state index contributed by atoms with van der Waals surface area (Å²) in [5, 5.41) is 0.701. The number of likely N-dealkylation sites (tertiary alicyclic amines) is 1. The first-order chi connectivity index (χ1) is 11.6. The van der Waals surface area contributed by atoms with Crippen LogP contribution in [0.5, 0.6) is 0 Å². The topological polar surface area (TPSA) is 52.7 Å². The lowest BCUT2D eigenvalue weighted by molar-refractivity contribution is 0.244. The summed E-state index contributed by atoms with van der Waals surface area (Å²) in [5.41, 5.74) is 1.00. The van der Waals surface area contributed by atoms with Crippen molar-refractivity contribution in [1.29, 1.82) is 0 Å². The van der Waals surface area contributed by atoms with Crippen LogP contribution in [-0.4, -0.2) is 50.3 Å². The van der Waals surface area contributed by atoms with E-state index in [1.54, 1.807) is 4.31 Å². The largest absolute Gasteiger partial charge is 0.295 e. The summed E-state index contributed by atoms with van der Waals surface area (Å²) in [5.74, 6) is 0. The molecule has 134 valence electrons. The fourth-order valence-corrected chi connectivity index (χ4v) is 5.17. The Morgan fingerprint density at radius 3 is 2.29 bits per heavy atom. The van der Waals surface area contributed by atoms with Crippen LogP contribution >= 0.6 is 11.6 Å². The normalized spacial score (nSPS) is 21.9. The highest BCUT2D eigenvalue weighted by Gasteiger charge is 2.29. The molecule has 2 aliphatic rings. The van der Waals surface area contributed by atoms with Crippen molar-refractivity contribution in [2.75, 3.05) is 32.7 Å². The van der Waals surface area contributed by atoms with Gasteiger partial charge in [0.2, 0.25) is 0 Å². The molecule has 2 fully saturated rings. The Labute approximate surface area is 150 Å². The van der Waals surface area contributed by atoms with Gasteiger partial charge in [-0.2, -0.15) is 12.7 Å². The van der Waals surface area contributed by atoms with E-state index in [4.69, 9.17) is 11.6 Å². The lowest BCUT2D eigenvalue weighted by Gasteiger charge is -2.31. The Balaban J connectivity index is 1.73. The van der Waals surface area contributed by atoms with Gasteiger partial charge in [0.15, 0.2) is 0 Å². The van der Waals surface area contributed by atoms with Gasteiger partial charge in [0.25, 0.3) is 10.2 Å². The number of nitrogens with zero attached hydrogens (tertiary/aromatic N) is 2. The maximum absolute atomic E-state index is 12.6. The van der Waals surface area contributed by atoms with Crippen LogP contribution in [0.25, 0.3) is 0 Å². The predicted molar refractivity (Wildman–Crippen MR) is 97.3 cm³/mol. The Hall–Kier alpha value is -0.660. The highest BCUT2D eigenvalue weighted by molar-refractivity contribution is 7.87. The van der Waals surface area contributed by atoms with Crippen LogP contribution in [0.2, 0.25) is 5.02 Å². The second-order valence-corrected chi connectivity index (χ2v) is 8.76. The van der Waals surface area contributed by atoms with Gasteiger partial charge in [0, 0.05) is 30.7 Å². The van der Waals surface area contributed by atoms with Crippen molar-refractivity contribution in [2.45, 2.75) is 38.1 Å². The van der Waals surface area contributed by atoms with E-state index >= 15 is 0 Å². The molecule has 2 saturated heterocycles. The lowest BCUT2D eigenvalue weighted by Crippen LogP contribution is -2.46. The van der Waals surface area contributed by atoms with Crippen molar-refractivity contribution in [2.24, 2.45) is 0 Å². The van der Waals surface area contributed by atoms with Crippen molar-refractivity contribution in [3.8, 4) is 0 Å². The van der Waals surface area contributed by atoms with Crippen LogP contribution in [0.15, 0.2) is 24.3 Å². The quantitative estimate of drug-likeness (QED) is 0.836. The standard InChI is InChI=1S/C17H26ClN3O2S/c18-16-9-3-2-8-15(16)17(20-10-6-7-11-20)14-19-24(22,23)21-12-4-1-5-13-21/h2-3,8-9,17,19H,1,4-7,10-14H2/t17-/m1/s1. The Bertz CT molecular complexity index is 641. The summed E-state index contributed by atoms with van der Waals surface area (Å²) < 4.78 is 29.6. The minimum atomic E-state index is -3.42. The zero-order chi connectivity index (χ0) is 17.0. The highest BCUT2D eigenvalue weighted by atomic mass is 35.5. The molecule has 2 aliphatic heterocycles. The van der Waals surface area contributed by atoms with Crippen molar-refractivity contribution in [3.05, 3.63) is 34.9 Å². The van der Waals surface area contributed by atoms with Gasteiger partial charge >= 0.3 is 0 Å². The molecule has 0 aliphatic carbocycles. The molecule has 0 amide bonds. The number of benzene rings is 1. The van der Waals surface area contributed by atoms with Gasteiger partial charge in [0.05, 0.1) is 0 Å². The van der Waals surface area contributed by atoms with E-state index in [1.807, 2.05) is 24.3 Å². The van der Waals surface area contributed by atoms with Crippen LogP contribution in [0.3, 0.4) is 0 Å². The number of rotatable bonds is 6. The van der Waals surface area contributed by atoms with Crippen LogP contribution in [0.4, 0.5) is 0 Å². The third-order valence-corrected chi connectivity index (χ3v) is 6.88. The zero-order valence-electron chi connectivity index (χ0n) is 14.0. The monoisotopic (exact) mass is 371 g/mol. The average Bonchev–Trinajstić information content (AvgIpc) is 3.12. The highest BCUT2D eigenvalue weighted by Crippen LogP contribution is 2.30. The summed E-state index contributed by atoms with van der Waals surface area (Å²) in [6, 6.07) is 7.73. The van der Waals surface area contributed by atoms with Crippen LogP contribution in [0, 0.1) is 0 Å². The van der Waals surface area contributed by atoms with E-state index in [1.165, 1.54) is 0 Å². The molecular formula is C17H26ClN3O2S. The van der Waals surface area contributed by atoms with E-state index < -0.39 is 10.2 Å². The Morgan fingerprint density at radius 2 is 1.62 bits per heavy atom. The van der Waals surface area contributed by atoms with Gasteiger partial charge in [-0.1, -0.05) is 36.2 Å². The van der Waals surface area contributed by atoms with Crippen molar-refractivity contribution < 1.29 is 8.42 Å². The molecule has 0 aromatic heterocycles. The Morgan fingerprint density at radius 1 is 1.00 bits per heavy atom. The van der Waals surface area contributed by atoms with E-state index in [0.29, 0.717) is 24.7 Å². The summed E-state index contributed by atoms with van der Waals surface area (Å²) in [7, 11) is -3.42. The average molecular weight is 372 g/mol. The number of nitrogens with one attached hydrogen (secondary N) is 1. The van der Waals surface area contributed by atoms with Gasteiger partial charge in [-0.3, -0.25) is 4.90 Å². The second-order valence-electron chi connectivity index (χ2n) is 6.59. The fourth-order valence-electron chi connectivity index (χ4n) is 3.62. The first-order valence-electron chi connectivity index (χ1n) is 8.81. The molecule has 0 radical (unpaired) electrons. The van der Waals surface area contributed by atoms with Gasteiger partial charge in [-0.25, -0.2) is 4.72 Å². The number of hydrogen-bond donors (Lipinski definition) is 1. The number of hydrogen-bond acceptors (Lipinski definition) is 3. The lowest BCUT2D eigenvalue weighted by atomic mass is 10.1. The van der Waals surface area contributed by atoms with Gasteiger partial charge in [0.1, 0.15) is 0 Å². The zero-order valence-corrected chi connectivity index (χ0v) is 15.5. The molecular weight excluding hydrogens is 346 g/mol. The fraction of sp³-hybridized carbons (Fsp3) is 0.647. The third kappa shape index (κ3) is 4.29. The van der Waals surface area contributed by atoms with Crippen molar-refractivity contribution in [3.63, 3.8) is 0 Å². The predicted octanol–water partition coefficient (Wildman–Crippen LogP) is 2.80. The molecule has 0 saturated carbocycles. The second kappa shape index (κ2) is 8.15. The molecule has 1 N–H and O–H groups in total. The first kappa shape index (κ1) is 18.1. The van der Waals surface area contributed by atoms with Crippen LogP contribution in [0.1, 0.15) is 43.7 Å². The first-order valence-corrected chi connectivity index (χ1v) is 10.6. The third-order valence-electron chi connectivity index (χ3n) is 4.96. The summed E-state index contributed by atoms with van der Waals surface area (Å²) in [4.78, 5) is 2.33. The van der Waals surface area contributed by atoms with E-state index in [2.05, 4.69) is 9.62 Å². The van der Waals surface area contributed by atoms with Crippen molar-refractivity contribution in [1.82, 2.24) is 13.9 Å².